The van der Waals surface area contributed by atoms with E-state index in [0.717, 1.165) is 39.3 Å². The van der Waals surface area contributed by atoms with Crippen LogP contribution in [-0.2, 0) is 0 Å². The fourth-order valence-electron chi connectivity index (χ4n) is 4.57. The molecule has 8 nitrogen and oxygen atoms in total. The molecule has 0 aliphatic carbocycles. The average Bonchev–Trinajstić information content (AvgIpc) is 2.96. The number of para-hydroxylation sites is 2. The van der Waals surface area contributed by atoms with Crippen molar-refractivity contribution >= 4 is 28.4 Å². The molecule has 1 aliphatic rings. The highest BCUT2D eigenvalue weighted by atomic mass is 16.5. The van der Waals surface area contributed by atoms with Crippen LogP contribution in [0, 0.1) is 11.3 Å². The molecular weight excluding hydrogens is 466 g/mol. The zero-order chi connectivity index (χ0) is 25.8. The SMILES string of the molecule is COc1ccc(-c2cccc3ccc(N4CCN(C(=O)Nc5ccccc5C#N)CC4)nc23)c(OC)c1. The number of anilines is 2. The van der Waals surface area contributed by atoms with Crippen molar-refractivity contribution < 1.29 is 14.3 Å². The van der Waals surface area contributed by atoms with E-state index in [2.05, 4.69) is 22.4 Å². The van der Waals surface area contributed by atoms with Crippen LogP contribution in [0.4, 0.5) is 16.3 Å². The van der Waals surface area contributed by atoms with Crippen LogP contribution in [0.5, 0.6) is 11.5 Å². The van der Waals surface area contributed by atoms with E-state index in [0.29, 0.717) is 37.4 Å². The molecular formula is C29H27N5O3. The maximum Gasteiger partial charge on any atom is 0.322 e. The number of methoxy groups -OCH3 is 2. The average molecular weight is 494 g/mol. The fraction of sp³-hybridized carbons (Fsp3) is 0.207. The van der Waals surface area contributed by atoms with Gasteiger partial charge in [-0.3, -0.25) is 0 Å². The van der Waals surface area contributed by atoms with Crippen LogP contribution >= 0.6 is 0 Å². The molecule has 0 spiro atoms. The highest BCUT2D eigenvalue weighted by molar-refractivity contribution is 5.96. The van der Waals surface area contributed by atoms with E-state index in [1.54, 1.807) is 43.4 Å². The van der Waals surface area contributed by atoms with Gasteiger partial charge in [-0.05, 0) is 36.4 Å². The summed E-state index contributed by atoms with van der Waals surface area (Å²) in [5, 5.41) is 13.2. The summed E-state index contributed by atoms with van der Waals surface area (Å²) in [6.07, 6.45) is 0. The maximum atomic E-state index is 12.8. The quantitative estimate of drug-likeness (QED) is 0.414. The molecule has 1 aromatic heterocycles. The molecule has 0 bridgehead atoms. The highest BCUT2D eigenvalue weighted by Gasteiger charge is 2.23. The van der Waals surface area contributed by atoms with Crippen molar-refractivity contribution in [3.8, 4) is 28.7 Å². The number of aromatic nitrogens is 1. The Morgan fingerprint density at radius 3 is 2.49 bits per heavy atom. The van der Waals surface area contributed by atoms with Crippen LogP contribution in [0.1, 0.15) is 5.56 Å². The standard InChI is InChI=1S/C29H27N5O3/c1-36-22-11-12-23(26(18-22)37-2)24-8-5-7-20-10-13-27(32-28(20)24)33-14-16-34(17-15-33)29(35)31-25-9-4-3-6-21(25)19-30/h3-13,18H,14-17H2,1-2H3,(H,31,35). The van der Waals surface area contributed by atoms with Gasteiger partial charge in [0.15, 0.2) is 0 Å². The number of benzene rings is 3. The summed E-state index contributed by atoms with van der Waals surface area (Å²) in [5.41, 5.74) is 3.77. The summed E-state index contributed by atoms with van der Waals surface area (Å²) in [6.45, 7) is 2.40. The van der Waals surface area contributed by atoms with Crippen LogP contribution < -0.4 is 19.7 Å². The summed E-state index contributed by atoms with van der Waals surface area (Å²) in [6, 6.07) is 24.9. The summed E-state index contributed by atoms with van der Waals surface area (Å²) in [4.78, 5) is 21.8. The first-order chi connectivity index (χ1) is 18.1. The van der Waals surface area contributed by atoms with Crippen molar-refractivity contribution in [3.05, 3.63) is 78.4 Å². The van der Waals surface area contributed by atoms with Gasteiger partial charge in [-0.1, -0.05) is 30.3 Å². The maximum absolute atomic E-state index is 12.8. The third kappa shape index (κ3) is 4.84. The molecule has 2 heterocycles. The predicted octanol–water partition coefficient (Wildman–Crippen LogP) is 5.14. The largest absolute Gasteiger partial charge is 0.497 e. The van der Waals surface area contributed by atoms with Crippen molar-refractivity contribution in [2.45, 2.75) is 0 Å². The Balaban J connectivity index is 1.35. The molecule has 5 rings (SSSR count). The molecule has 2 amide bonds. The Bertz CT molecular complexity index is 1490. The van der Waals surface area contributed by atoms with Gasteiger partial charge in [0, 0.05) is 48.8 Å². The van der Waals surface area contributed by atoms with E-state index in [1.165, 1.54) is 0 Å². The van der Waals surface area contributed by atoms with E-state index in [1.807, 2.05) is 42.5 Å². The Morgan fingerprint density at radius 2 is 1.73 bits per heavy atom. The van der Waals surface area contributed by atoms with Crippen LogP contribution in [0.3, 0.4) is 0 Å². The number of hydrogen-bond donors (Lipinski definition) is 1. The number of ether oxygens (including phenoxy) is 2. The first-order valence-corrected chi connectivity index (χ1v) is 12.0. The Morgan fingerprint density at radius 1 is 0.919 bits per heavy atom. The second-order valence-corrected chi connectivity index (χ2v) is 8.67. The first-order valence-electron chi connectivity index (χ1n) is 12.0. The molecule has 1 fully saturated rings. The minimum absolute atomic E-state index is 0.206. The minimum atomic E-state index is -0.206. The summed E-state index contributed by atoms with van der Waals surface area (Å²) in [7, 11) is 3.28. The van der Waals surface area contributed by atoms with Crippen LogP contribution in [0.2, 0.25) is 0 Å². The van der Waals surface area contributed by atoms with Gasteiger partial charge in [0.2, 0.25) is 0 Å². The number of carbonyl (C=O) groups excluding carboxylic acids is 1. The van der Waals surface area contributed by atoms with Gasteiger partial charge in [0.05, 0.1) is 31.0 Å². The normalized spacial score (nSPS) is 13.2. The number of nitriles is 1. The number of carbonyl (C=O) groups is 1. The lowest BCUT2D eigenvalue weighted by Gasteiger charge is -2.35. The lowest BCUT2D eigenvalue weighted by atomic mass is 10.0. The third-order valence-electron chi connectivity index (χ3n) is 6.58. The van der Waals surface area contributed by atoms with Gasteiger partial charge in [-0.25, -0.2) is 9.78 Å². The number of rotatable bonds is 5. The zero-order valence-electron chi connectivity index (χ0n) is 20.8. The molecule has 3 aromatic carbocycles. The van der Waals surface area contributed by atoms with Crippen molar-refractivity contribution in [2.75, 3.05) is 50.6 Å². The van der Waals surface area contributed by atoms with E-state index < -0.39 is 0 Å². The van der Waals surface area contributed by atoms with Crippen LogP contribution in [-0.4, -0.2) is 56.3 Å². The van der Waals surface area contributed by atoms with Gasteiger partial charge in [-0.2, -0.15) is 5.26 Å². The van der Waals surface area contributed by atoms with Crippen LogP contribution in [0.25, 0.3) is 22.0 Å². The molecule has 0 radical (unpaired) electrons. The van der Waals surface area contributed by atoms with Crippen molar-refractivity contribution in [1.29, 1.82) is 5.26 Å². The number of pyridine rings is 1. The highest BCUT2D eigenvalue weighted by Crippen LogP contribution is 2.37. The van der Waals surface area contributed by atoms with E-state index in [-0.39, 0.29) is 6.03 Å². The molecule has 186 valence electrons. The van der Waals surface area contributed by atoms with Gasteiger partial charge >= 0.3 is 6.03 Å². The molecule has 8 heteroatoms. The smallest absolute Gasteiger partial charge is 0.322 e. The molecule has 37 heavy (non-hydrogen) atoms. The molecule has 0 unspecified atom stereocenters. The number of urea groups is 1. The minimum Gasteiger partial charge on any atom is -0.497 e. The molecule has 1 N–H and O–H groups in total. The van der Waals surface area contributed by atoms with Gasteiger partial charge < -0.3 is 24.6 Å². The number of hydrogen-bond acceptors (Lipinski definition) is 6. The topological polar surface area (TPSA) is 90.7 Å². The van der Waals surface area contributed by atoms with Crippen LogP contribution in [0.15, 0.2) is 72.8 Å². The molecule has 4 aromatic rings. The van der Waals surface area contributed by atoms with E-state index in [9.17, 15) is 10.1 Å². The van der Waals surface area contributed by atoms with Crippen molar-refractivity contribution in [3.63, 3.8) is 0 Å². The van der Waals surface area contributed by atoms with Crippen molar-refractivity contribution in [1.82, 2.24) is 9.88 Å². The second kappa shape index (κ2) is 10.5. The predicted molar refractivity (Wildman–Crippen MR) is 144 cm³/mol. The van der Waals surface area contributed by atoms with Gasteiger partial charge in [0.25, 0.3) is 0 Å². The number of nitrogens with one attached hydrogen (secondary N) is 1. The fourth-order valence-corrected chi connectivity index (χ4v) is 4.57. The summed E-state index contributed by atoms with van der Waals surface area (Å²) in [5.74, 6) is 2.31. The molecule has 1 aliphatic heterocycles. The third-order valence-corrected chi connectivity index (χ3v) is 6.58. The zero-order valence-corrected chi connectivity index (χ0v) is 20.8. The Kier molecular flexibility index (Phi) is 6.77. The lowest BCUT2D eigenvalue weighted by Crippen LogP contribution is -2.50. The monoisotopic (exact) mass is 493 g/mol. The lowest BCUT2D eigenvalue weighted by molar-refractivity contribution is 0.208. The van der Waals surface area contributed by atoms with E-state index >= 15 is 0 Å². The number of nitrogens with zero attached hydrogens (tertiary/aromatic N) is 4. The Hall–Kier alpha value is -4.77. The second-order valence-electron chi connectivity index (χ2n) is 8.67. The molecule has 0 saturated carbocycles. The first kappa shape index (κ1) is 23.9. The number of fused-ring (bicyclic) bond motifs is 1. The molecule has 1 saturated heterocycles. The summed E-state index contributed by atoms with van der Waals surface area (Å²) >= 11 is 0. The number of piperazine rings is 1. The number of amides is 2. The Labute approximate surface area is 215 Å². The van der Waals surface area contributed by atoms with Gasteiger partial charge in [-0.15, -0.1) is 0 Å². The van der Waals surface area contributed by atoms with Crippen molar-refractivity contribution in [2.24, 2.45) is 0 Å². The van der Waals surface area contributed by atoms with Gasteiger partial charge in [0.1, 0.15) is 23.4 Å². The van der Waals surface area contributed by atoms with E-state index in [4.69, 9.17) is 14.5 Å². The summed E-state index contributed by atoms with van der Waals surface area (Å²) < 4.78 is 11.0. The molecule has 0 atom stereocenters.